The summed E-state index contributed by atoms with van der Waals surface area (Å²) in [5.74, 6) is 2.81. The zero-order chi connectivity index (χ0) is 40.0. The number of aryl methyl sites for hydroxylation is 4. The van der Waals surface area contributed by atoms with Gasteiger partial charge in [0.05, 0.1) is 69.7 Å². The van der Waals surface area contributed by atoms with Crippen molar-refractivity contribution in [2.75, 3.05) is 14.2 Å². The lowest BCUT2D eigenvalue weighted by Crippen LogP contribution is -1.97. The molecule has 1 N–H and O–H groups in total. The third kappa shape index (κ3) is 5.39. The Morgan fingerprint density at radius 3 is 1.88 bits per heavy atom. The van der Waals surface area contributed by atoms with Gasteiger partial charge in [-0.3, -0.25) is 9.97 Å². The van der Waals surface area contributed by atoms with E-state index in [-0.39, 0.29) is 0 Å². The Morgan fingerprint density at radius 2 is 1.24 bits per heavy atom. The lowest BCUT2D eigenvalue weighted by molar-refractivity contribution is 0.393. The Morgan fingerprint density at radius 1 is 0.603 bits per heavy atom. The molecule has 10 aromatic rings. The summed E-state index contributed by atoms with van der Waals surface area (Å²) >= 11 is 13.7. The van der Waals surface area contributed by atoms with Crippen molar-refractivity contribution in [3.05, 3.63) is 124 Å². The van der Waals surface area contributed by atoms with Gasteiger partial charge in [0.2, 0.25) is 0 Å². The van der Waals surface area contributed by atoms with Gasteiger partial charge >= 0.3 is 0 Å². The van der Waals surface area contributed by atoms with Crippen LogP contribution in [-0.4, -0.2) is 44.1 Å². The van der Waals surface area contributed by atoms with Crippen molar-refractivity contribution in [2.45, 2.75) is 27.7 Å². The monoisotopic (exact) mass is 804 g/mol. The summed E-state index contributed by atoms with van der Waals surface area (Å²) in [5.41, 5.74) is 13.0. The minimum atomic E-state index is 0.535. The number of nitrogens with zero attached hydrogens (tertiary/aromatic N) is 5. The largest absolute Gasteiger partial charge is 0.496 e. The normalized spacial score (nSPS) is 11.8. The highest BCUT2D eigenvalue weighted by Gasteiger charge is 2.25. The second-order valence-electron chi connectivity index (χ2n) is 14.3. The number of hydrogen-bond donors (Lipinski definition) is 1. The number of fused-ring (bicyclic) bond motifs is 6. The topological polar surface area (TPSA) is 117 Å². The van der Waals surface area contributed by atoms with Crippen LogP contribution < -0.4 is 9.47 Å². The summed E-state index contributed by atoms with van der Waals surface area (Å²) in [6, 6.07) is 26.1. The van der Waals surface area contributed by atoms with E-state index in [1.54, 1.807) is 20.4 Å². The highest BCUT2D eigenvalue weighted by molar-refractivity contribution is 6.34. The van der Waals surface area contributed by atoms with Gasteiger partial charge in [-0.15, -0.1) is 0 Å². The van der Waals surface area contributed by atoms with Gasteiger partial charge in [-0.1, -0.05) is 45.6 Å². The van der Waals surface area contributed by atoms with Gasteiger partial charge in [0.1, 0.15) is 23.0 Å². The first-order chi connectivity index (χ1) is 28.1. The molecule has 0 fully saturated rings. The van der Waals surface area contributed by atoms with E-state index >= 15 is 0 Å². The smallest absolute Gasteiger partial charge is 0.141 e. The van der Waals surface area contributed by atoms with Gasteiger partial charge < -0.3 is 28.1 Å². The molecule has 4 aromatic carbocycles. The van der Waals surface area contributed by atoms with Crippen LogP contribution >= 0.6 is 23.2 Å². The average molecular weight is 806 g/mol. The van der Waals surface area contributed by atoms with Crippen molar-refractivity contribution in [1.82, 2.24) is 29.8 Å². The fraction of sp³-hybridized carbons (Fsp3) is 0.130. The van der Waals surface area contributed by atoms with E-state index < -0.39 is 0 Å². The maximum Gasteiger partial charge on any atom is 0.141 e. The van der Waals surface area contributed by atoms with E-state index in [1.165, 1.54) is 0 Å². The number of ether oxygens (including phenoxy) is 2. The predicted molar refractivity (Wildman–Crippen MR) is 230 cm³/mol. The van der Waals surface area contributed by atoms with Crippen molar-refractivity contribution in [1.29, 1.82) is 0 Å². The van der Waals surface area contributed by atoms with E-state index in [0.717, 1.165) is 111 Å². The van der Waals surface area contributed by atoms with Crippen LogP contribution in [0.2, 0.25) is 10.0 Å². The molecule has 12 heteroatoms. The second kappa shape index (κ2) is 13.5. The van der Waals surface area contributed by atoms with Gasteiger partial charge in [0, 0.05) is 72.4 Å². The molecule has 0 saturated carbocycles. The van der Waals surface area contributed by atoms with Crippen LogP contribution in [0.3, 0.4) is 0 Å². The maximum absolute atomic E-state index is 7.36. The summed E-state index contributed by atoms with van der Waals surface area (Å²) < 4.78 is 25.3. The number of hydrogen-bond acceptors (Lipinski definition) is 8. The van der Waals surface area contributed by atoms with Gasteiger partial charge in [0.15, 0.2) is 0 Å². The van der Waals surface area contributed by atoms with Gasteiger partial charge in [-0.2, -0.15) is 0 Å². The zero-order valence-electron chi connectivity index (χ0n) is 32.3. The van der Waals surface area contributed by atoms with Crippen molar-refractivity contribution in [3.8, 4) is 62.0 Å². The summed E-state index contributed by atoms with van der Waals surface area (Å²) in [5, 5.41) is 13.4. The Labute approximate surface area is 341 Å². The number of H-pyrrole nitrogens is 1. The molecule has 10 rings (SSSR count). The average Bonchev–Trinajstić information content (AvgIpc) is 3.97. The van der Waals surface area contributed by atoms with E-state index in [9.17, 15) is 0 Å². The maximum atomic E-state index is 7.36. The number of aromatic amines is 1. The van der Waals surface area contributed by atoms with Crippen LogP contribution in [0, 0.1) is 27.7 Å². The molecule has 0 radical (unpaired) electrons. The molecule has 0 amide bonds. The molecule has 6 aromatic heterocycles. The Kier molecular flexibility index (Phi) is 8.33. The van der Waals surface area contributed by atoms with Crippen molar-refractivity contribution < 1.29 is 18.5 Å². The lowest BCUT2D eigenvalue weighted by atomic mass is 9.99. The summed E-state index contributed by atoms with van der Waals surface area (Å²) in [7, 11) is 3.35. The minimum Gasteiger partial charge on any atom is -0.496 e. The van der Waals surface area contributed by atoms with Gasteiger partial charge in [0.25, 0.3) is 0 Å². The molecule has 286 valence electrons. The lowest BCUT2D eigenvalue weighted by Gasteiger charge is -2.14. The van der Waals surface area contributed by atoms with Gasteiger partial charge in [-0.05, 0) is 94.4 Å². The number of methoxy groups -OCH3 is 2. The molecule has 0 bridgehead atoms. The van der Waals surface area contributed by atoms with Crippen molar-refractivity contribution >= 4 is 66.8 Å². The van der Waals surface area contributed by atoms with Crippen LogP contribution in [0.4, 0.5) is 0 Å². The second-order valence-corrected chi connectivity index (χ2v) is 15.2. The number of aromatic nitrogens is 6. The summed E-state index contributed by atoms with van der Waals surface area (Å²) in [6.07, 6.45) is 3.63. The first kappa shape index (κ1) is 35.8. The predicted octanol–water partition coefficient (Wildman–Crippen LogP) is 12.4. The quantitative estimate of drug-likeness (QED) is 0.169. The number of nitrogens with one attached hydrogen (secondary N) is 1. The van der Waals surface area contributed by atoms with Crippen LogP contribution in [0.5, 0.6) is 11.5 Å². The molecule has 6 heterocycles. The Balaban J connectivity index is 1.20. The van der Waals surface area contributed by atoms with Crippen LogP contribution in [-0.2, 0) is 0 Å². The van der Waals surface area contributed by atoms with Crippen molar-refractivity contribution in [3.63, 3.8) is 0 Å². The number of pyridine rings is 2. The molecular weight excluding hydrogens is 771 g/mol. The first-order valence-corrected chi connectivity index (χ1v) is 19.3. The molecule has 0 atom stereocenters. The van der Waals surface area contributed by atoms with E-state index in [4.69, 9.17) is 51.7 Å². The van der Waals surface area contributed by atoms with E-state index in [1.807, 2.05) is 88.5 Å². The molecule has 0 unspecified atom stereocenters. The molecule has 58 heavy (non-hydrogen) atoms. The number of benzene rings is 4. The molecular formula is C46H34Cl2N6O4. The van der Waals surface area contributed by atoms with Crippen LogP contribution in [0.15, 0.2) is 100 Å². The molecule has 0 saturated heterocycles. The highest BCUT2D eigenvalue weighted by Crippen LogP contribution is 2.46. The molecule has 0 aliphatic rings. The fourth-order valence-corrected chi connectivity index (χ4v) is 8.86. The SMILES string of the molecule is COc1cc2c(cc1-c1c(C)noc1C)[nH]c1ccnc(-c3ccc(-n4c5cc(-c6c(C)noc6C)c(OC)cc5c5c(-c6ccc(Cl)cc6)nccc54)cc3Cl)c12. The first-order valence-electron chi connectivity index (χ1n) is 18.6. The van der Waals surface area contributed by atoms with Gasteiger partial charge in [-0.25, -0.2) is 0 Å². The van der Waals surface area contributed by atoms with Crippen LogP contribution in [0.25, 0.3) is 94.1 Å². The van der Waals surface area contributed by atoms with Crippen LogP contribution in [0.1, 0.15) is 22.9 Å². The third-order valence-electron chi connectivity index (χ3n) is 11.0. The van der Waals surface area contributed by atoms with E-state index in [0.29, 0.717) is 27.3 Å². The Hall–Kier alpha value is -6.62. The fourth-order valence-electron chi connectivity index (χ4n) is 8.47. The Bertz CT molecular complexity index is 3250. The number of halogens is 2. The molecule has 0 aliphatic carbocycles. The number of rotatable bonds is 7. The van der Waals surface area contributed by atoms with E-state index in [2.05, 4.69) is 44.1 Å². The zero-order valence-corrected chi connectivity index (χ0v) is 33.8. The third-order valence-corrected chi connectivity index (χ3v) is 11.6. The molecule has 0 aliphatic heterocycles. The molecule has 10 nitrogen and oxygen atoms in total. The molecule has 0 spiro atoms. The summed E-state index contributed by atoms with van der Waals surface area (Å²) in [6.45, 7) is 7.67. The standard InChI is InChI=1S/C46H34Cl2N6O4/c1-22-41(24(3)57-52-22)32-18-36-30(20-39(32)55-5)43-35(51-36)13-15-50-46(43)29-12-11-28(17-34(29)48)54-37-14-16-49-45(26-7-9-27(47)10-8-26)44(37)31-21-40(56-6)33(19-38(31)54)42-23(2)53-58-25(42)4/h7-21,51H,1-6H3. The summed E-state index contributed by atoms with van der Waals surface area (Å²) in [4.78, 5) is 13.4. The minimum absolute atomic E-state index is 0.535. The highest BCUT2D eigenvalue weighted by atomic mass is 35.5. The van der Waals surface area contributed by atoms with Crippen molar-refractivity contribution in [2.24, 2.45) is 0 Å².